The monoisotopic (exact) mass is 206 g/mol. The predicted octanol–water partition coefficient (Wildman–Crippen LogP) is -1.99. The van der Waals surface area contributed by atoms with Crippen LogP contribution in [0.25, 0.3) is 0 Å². The van der Waals surface area contributed by atoms with Crippen molar-refractivity contribution in [3.63, 3.8) is 0 Å². The van der Waals surface area contributed by atoms with Gasteiger partial charge in [0.2, 0.25) is 0 Å². The van der Waals surface area contributed by atoms with Crippen LogP contribution in [-0.2, 0) is 9.37 Å². The molecule has 0 aromatic heterocycles. The molecule has 0 atom stereocenters. The number of hydrogen-bond donors (Lipinski definition) is 0. The summed E-state index contributed by atoms with van der Waals surface area (Å²) < 4.78 is 4.07. The third-order valence-corrected chi connectivity index (χ3v) is 2.39. The van der Waals surface area contributed by atoms with Gasteiger partial charge in [-0.1, -0.05) is 6.92 Å². The average molecular weight is 206 g/mol. The minimum Gasteiger partial charge on any atom is -0.691 e. The van der Waals surface area contributed by atoms with E-state index in [9.17, 15) is 5.26 Å². The van der Waals surface area contributed by atoms with Crippen molar-refractivity contribution < 1.29 is 44.2 Å². The van der Waals surface area contributed by atoms with Crippen molar-refractivity contribution in [2.24, 2.45) is 0 Å². The van der Waals surface area contributed by atoms with Crippen LogP contribution in [0.4, 0.5) is 0 Å². The molecular weight excluding hydrogens is 195 g/mol. The molecule has 0 unspecified atom stereocenters. The average Bonchev–Trinajstić information content (AvgIpc) is 1.97. The summed E-state index contributed by atoms with van der Waals surface area (Å²) >= 11 is 2.93. The molecule has 0 heterocycles. The van der Waals surface area contributed by atoms with Crippen molar-refractivity contribution in [3.05, 3.63) is 0 Å². The van der Waals surface area contributed by atoms with Gasteiger partial charge in [-0.25, -0.2) is 0 Å². The first-order valence-electron chi connectivity index (χ1n) is 3.07. The SMILES string of the molecule is CCSCCCSOO[O-].[Na+]. The molecule has 0 aliphatic rings. The third-order valence-electron chi connectivity index (χ3n) is 0.796. The summed E-state index contributed by atoms with van der Waals surface area (Å²) in [6, 6.07) is 0. The van der Waals surface area contributed by atoms with E-state index in [2.05, 4.69) is 16.3 Å². The fourth-order valence-corrected chi connectivity index (χ4v) is 1.61. The number of hydrogen-bond acceptors (Lipinski definition) is 5. The van der Waals surface area contributed by atoms with Crippen molar-refractivity contribution in [2.45, 2.75) is 13.3 Å². The summed E-state index contributed by atoms with van der Waals surface area (Å²) in [5.41, 5.74) is 0. The molecule has 11 heavy (non-hydrogen) atoms. The van der Waals surface area contributed by atoms with Crippen molar-refractivity contribution in [1.29, 1.82) is 0 Å². The van der Waals surface area contributed by atoms with Crippen molar-refractivity contribution in [1.82, 2.24) is 0 Å². The molecular formula is C5H11NaO3S2. The first-order chi connectivity index (χ1) is 4.91. The Morgan fingerprint density at radius 3 is 2.64 bits per heavy atom. The van der Waals surface area contributed by atoms with Crippen LogP contribution in [0.2, 0.25) is 0 Å². The maximum absolute atomic E-state index is 9.27. The second-order valence-corrected chi connectivity index (χ2v) is 3.68. The van der Waals surface area contributed by atoms with E-state index in [1.54, 1.807) is 0 Å². The first kappa shape index (κ1) is 15.1. The molecule has 0 spiro atoms. The molecule has 0 aliphatic heterocycles. The van der Waals surface area contributed by atoms with E-state index in [4.69, 9.17) is 0 Å². The van der Waals surface area contributed by atoms with E-state index < -0.39 is 0 Å². The van der Waals surface area contributed by atoms with E-state index in [-0.39, 0.29) is 29.6 Å². The zero-order valence-electron chi connectivity index (χ0n) is 6.87. The van der Waals surface area contributed by atoms with Crippen molar-refractivity contribution in [3.8, 4) is 0 Å². The van der Waals surface area contributed by atoms with Crippen molar-refractivity contribution in [2.75, 3.05) is 17.3 Å². The maximum atomic E-state index is 9.27. The molecule has 62 valence electrons. The van der Waals surface area contributed by atoms with Crippen LogP contribution < -0.4 is 34.8 Å². The maximum Gasteiger partial charge on any atom is 1.00 e. The summed E-state index contributed by atoms with van der Waals surface area (Å²) in [6.45, 7) is 2.12. The van der Waals surface area contributed by atoms with Gasteiger partial charge in [0.05, 0.1) is 0 Å². The Labute approximate surface area is 97.9 Å². The van der Waals surface area contributed by atoms with Crippen molar-refractivity contribution >= 4 is 23.8 Å². The Morgan fingerprint density at radius 1 is 1.36 bits per heavy atom. The molecule has 0 aromatic carbocycles. The fraction of sp³-hybridized carbons (Fsp3) is 1.00. The van der Waals surface area contributed by atoms with Gasteiger partial charge in [-0.15, -0.1) is 0 Å². The molecule has 6 heteroatoms. The van der Waals surface area contributed by atoms with Gasteiger partial charge < -0.3 is 5.26 Å². The molecule has 0 aliphatic carbocycles. The minimum absolute atomic E-state index is 0. The Kier molecular flexibility index (Phi) is 19.4. The van der Waals surface area contributed by atoms with Gasteiger partial charge in [-0.05, 0) is 17.9 Å². The zero-order chi connectivity index (χ0) is 7.66. The smallest absolute Gasteiger partial charge is 0.691 e. The summed E-state index contributed by atoms with van der Waals surface area (Å²) in [6.07, 6.45) is 1.05. The van der Waals surface area contributed by atoms with Crippen LogP contribution >= 0.6 is 23.8 Å². The summed E-state index contributed by atoms with van der Waals surface area (Å²) in [4.78, 5) is 0. The quantitative estimate of drug-likeness (QED) is 0.158. The Balaban J connectivity index is 0. The summed E-state index contributed by atoms with van der Waals surface area (Å²) in [7, 11) is 0. The van der Waals surface area contributed by atoms with E-state index in [1.165, 1.54) is 0 Å². The predicted molar refractivity (Wildman–Crippen MR) is 42.2 cm³/mol. The summed E-state index contributed by atoms with van der Waals surface area (Å²) in [5, 5.41) is 12.4. The van der Waals surface area contributed by atoms with Crippen LogP contribution in [0, 0.1) is 0 Å². The standard InChI is InChI=1S/C5H12O3S2.Na/c1-2-9-4-3-5-10-8-7-6;/h6H,2-5H2,1H3;/q;+1/p-1. The number of thioether (sulfide) groups is 1. The Morgan fingerprint density at radius 2 is 2.09 bits per heavy atom. The first-order valence-corrected chi connectivity index (χ1v) is 5.14. The van der Waals surface area contributed by atoms with Gasteiger partial charge in [-0.3, -0.25) is 5.04 Å². The van der Waals surface area contributed by atoms with E-state index in [1.807, 2.05) is 11.8 Å². The van der Waals surface area contributed by atoms with Crippen LogP contribution in [0.5, 0.6) is 0 Å². The zero-order valence-corrected chi connectivity index (χ0v) is 10.5. The molecule has 0 saturated carbocycles. The van der Waals surface area contributed by atoms with Gasteiger partial charge >= 0.3 is 29.6 Å². The summed E-state index contributed by atoms with van der Waals surface area (Å²) in [5.74, 6) is 3.07. The van der Waals surface area contributed by atoms with Gasteiger partial charge in [0.1, 0.15) is 0 Å². The van der Waals surface area contributed by atoms with Crippen LogP contribution in [-0.4, -0.2) is 17.3 Å². The molecule has 0 saturated heterocycles. The van der Waals surface area contributed by atoms with Gasteiger partial charge in [0.25, 0.3) is 0 Å². The third kappa shape index (κ3) is 14.4. The van der Waals surface area contributed by atoms with E-state index in [0.717, 1.165) is 35.7 Å². The Bertz CT molecular complexity index is 59.7. The molecule has 0 rings (SSSR count). The normalized spacial score (nSPS) is 9.27. The van der Waals surface area contributed by atoms with E-state index >= 15 is 0 Å². The molecule has 3 nitrogen and oxygen atoms in total. The minimum atomic E-state index is 0. The van der Waals surface area contributed by atoms with Crippen LogP contribution in [0.1, 0.15) is 13.3 Å². The van der Waals surface area contributed by atoms with Gasteiger partial charge in [0.15, 0.2) is 0 Å². The second-order valence-electron chi connectivity index (χ2n) is 1.51. The number of rotatable bonds is 7. The Hall–Kier alpha value is 1.58. The second kappa shape index (κ2) is 14.1. The van der Waals surface area contributed by atoms with Crippen LogP contribution in [0.3, 0.4) is 0 Å². The van der Waals surface area contributed by atoms with Gasteiger partial charge in [-0.2, -0.15) is 16.1 Å². The van der Waals surface area contributed by atoms with Gasteiger partial charge in [0, 0.05) is 17.8 Å². The molecule has 0 N–H and O–H groups in total. The fourth-order valence-electron chi connectivity index (χ4n) is 0.418. The molecule has 0 aromatic rings. The molecule has 0 radical (unpaired) electrons. The molecule has 0 bridgehead atoms. The topological polar surface area (TPSA) is 41.5 Å². The largest absolute Gasteiger partial charge is 1.00 e. The molecule has 0 fully saturated rings. The molecule has 0 amide bonds. The van der Waals surface area contributed by atoms with Crippen LogP contribution in [0.15, 0.2) is 0 Å². The van der Waals surface area contributed by atoms with E-state index in [0.29, 0.717) is 0 Å².